The highest BCUT2D eigenvalue weighted by Crippen LogP contribution is 2.29. The van der Waals surface area contributed by atoms with Crippen LogP contribution in [0.4, 0.5) is 0 Å². The lowest BCUT2D eigenvalue weighted by atomic mass is 9.91. The summed E-state index contributed by atoms with van der Waals surface area (Å²) >= 11 is 0. The maximum atomic E-state index is 13.0. The Hall–Kier alpha value is -2.92. The van der Waals surface area contributed by atoms with Crippen molar-refractivity contribution in [1.82, 2.24) is 10.2 Å². The second-order valence-corrected chi connectivity index (χ2v) is 7.18. The van der Waals surface area contributed by atoms with Crippen LogP contribution in [0.5, 0.6) is 5.75 Å². The third kappa shape index (κ3) is 3.99. The van der Waals surface area contributed by atoms with Crippen LogP contribution < -0.4 is 10.1 Å². The number of fused-ring (bicyclic) bond motifs is 1. The summed E-state index contributed by atoms with van der Waals surface area (Å²) in [5.74, 6) is 0.106. The molecule has 1 heterocycles. The zero-order valence-corrected chi connectivity index (χ0v) is 15.8. The third-order valence-electron chi connectivity index (χ3n) is 5.22. The molecule has 28 heavy (non-hydrogen) atoms. The van der Waals surface area contributed by atoms with Crippen molar-refractivity contribution in [3.8, 4) is 5.75 Å². The second kappa shape index (κ2) is 8.40. The quantitative estimate of drug-likeness (QED) is 0.804. The molecule has 4 rings (SSSR count). The lowest BCUT2D eigenvalue weighted by Crippen LogP contribution is -2.33. The van der Waals surface area contributed by atoms with Gasteiger partial charge in [0.05, 0.1) is 11.3 Å². The van der Waals surface area contributed by atoms with Crippen LogP contribution in [-0.2, 0) is 6.61 Å². The van der Waals surface area contributed by atoms with Crippen molar-refractivity contribution in [2.75, 3.05) is 26.2 Å². The Kier molecular flexibility index (Phi) is 5.53. The molecule has 2 aromatic carbocycles. The van der Waals surface area contributed by atoms with Crippen LogP contribution >= 0.6 is 0 Å². The monoisotopic (exact) mass is 376 g/mol. The van der Waals surface area contributed by atoms with E-state index in [1.807, 2.05) is 30.3 Å². The number of rotatable bonds is 7. The van der Waals surface area contributed by atoms with Gasteiger partial charge in [0.2, 0.25) is 5.78 Å². The molecule has 2 aliphatic rings. The number of Topliss-reactive ketones (excluding diaryl/α,β-unsaturated/α-hetero) is 1. The van der Waals surface area contributed by atoms with Crippen LogP contribution in [0, 0.1) is 0 Å². The predicted octanol–water partition coefficient (Wildman–Crippen LogP) is 3.21. The first-order chi connectivity index (χ1) is 13.7. The number of hydrogen-bond donors (Lipinski definition) is 1. The van der Waals surface area contributed by atoms with Gasteiger partial charge in [-0.3, -0.25) is 9.59 Å². The molecule has 0 radical (unpaired) electrons. The number of nitrogens with zero attached hydrogens (tertiary/aromatic N) is 1. The second-order valence-electron chi connectivity index (χ2n) is 7.18. The number of ether oxygens (including phenoxy) is 1. The van der Waals surface area contributed by atoms with E-state index in [1.165, 1.54) is 18.9 Å². The SMILES string of the molecule is O=C1C=C(NCCN2CCCC2)C(=O)c2c(OCc3ccccc3)cccc21. The first-order valence-electron chi connectivity index (χ1n) is 9.79. The van der Waals surface area contributed by atoms with Gasteiger partial charge in [-0.05, 0) is 37.6 Å². The largest absolute Gasteiger partial charge is 0.488 e. The summed E-state index contributed by atoms with van der Waals surface area (Å²) in [6.07, 6.45) is 3.88. The fourth-order valence-electron chi connectivity index (χ4n) is 3.72. The fraction of sp³-hybridized carbons (Fsp3) is 0.304. The summed E-state index contributed by atoms with van der Waals surface area (Å²) in [4.78, 5) is 28.0. The summed E-state index contributed by atoms with van der Waals surface area (Å²) in [7, 11) is 0. The standard InChI is InChI=1S/C23H24N2O3/c26-20-15-19(24-11-14-25-12-4-5-13-25)23(27)22-18(20)9-6-10-21(22)28-16-17-7-2-1-3-8-17/h1-3,6-10,15,24H,4-5,11-14,16H2. The van der Waals surface area contributed by atoms with Crippen molar-refractivity contribution < 1.29 is 14.3 Å². The molecule has 0 aromatic heterocycles. The van der Waals surface area contributed by atoms with Gasteiger partial charge in [-0.25, -0.2) is 0 Å². The Morgan fingerprint density at radius 1 is 0.964 bits per heavy atom. The fourth-order valence-corrected chi connectivity index (χ4v) is 3.72. The Bertz CT molecular complexity index is 899. The lowest BCUT2D eigenvalue weighted by molar-refractivity contribution is 0.0973. The Labute approximate surface area is 165 Å². The van der Waals surface area contributed by atoms with Gasteiger partial charge in [-0.2, -0.15) is 0 Å². The molecule has 0 unspecified atom stereocenters. The maximum absolute atomic E-state index is 13.0. The molecule has 0 atom stereocenters. The van der Waals surface area contributed by atoms with Crippen molar-refractivity contribution in [2.24, 2.45) is 0 Å². The van der Waals surface area contributed by atoms with E-state index in [4.69, 9.17) is 4.74 Å². The van der Waals surface area contributed by atoms with E-state index >= 15 is 0 Å². The maximum Gasteiger partial charge on any atom is 0.213 e. The summed E-state index contributed by atoms with van der Waals surface area (Å²) in [5.41, 5.74) is 2.12. The molecular formula is C23H24N2O3. The highest BCUT2D eigenvalue weighted by atomic mass is 16.5. The van der Waals surface area contributed by atoms with Gasteiger partial charge in [0.25, 0.3) is 0 Å². The Balaban J connectivity index is 1.48. The average Bonchev–Trinajstić information content (AvgIpc) is 3.24. The van der Waals surface area contributed by atoms with Crippen LogP contribution in [0.2, 0.25) is 0 Å². The molecule has 0 amide bonds. The van der Waals surface area contributed by atoms with Crippen LogP contribution in [0.3, 0.4) is 0 Å². The number of carbonyl (C=O) groups excluding carboxylic acids is 2. The minimum atomic E-state index is -0.181. The van der Waals surface area contributed by atoms with E-state index in [9.17, 15) is 9.59 Å². The van der Waals surface area contributed by atoms with Crippen molar-refractivity contribution in [3.05, 3.63) is 77.0 Å². The van der Waals surface area contributed by atoms with Gasteiger partial charge in [0.1, 0.15) is 12.4 Å². The summed E-state index contributed by atoms with van der Waals surface area (Å²) < 4.78 is 5.91. The number of likely N-dealkylation sites (tertiary alicyclic amines) is 1. The van der Waals surface area contributed by atoms with Gasteiger partial charge >= 0.3 is 0 Å². The van der Waals surface area contributed by atoms with E-state index in [0.29, 0.717) is 35.7 Å². The minimum Gasteiger partial charge on any atom is -0.488 e. The van der Waals surface area contributed by atoms with Crippen LogP contribution in [0.1, 0.15) is 39.1 Å². The molecule has 5 heteroatoms. The van der Waals surface area contributed by atoms with Crippen molar-refractivity contribution in [2.45, 2.75) is 19.4 Å². The predicted molar refractivity (Wildman–Crippen MR) is 108 cm³/mol. The normalized spacial score (nSPS) is 16.6. The topological polar surface area (TPSA) is 58.6 Å². The molecule has 0 spiro atoms. The first-order valence-corrected chi connectivity index (χ1v) is 9.79. The van der Waals surface area contributed by atoms with E-state index in [2.05, 4.69) is 10.2 Å². The zero-order valence-electron chi connectivity index (χ0n) is 15.8. The molecule has 144 valence electrons. The number of nitrogens with one attached hydrogen (secondary N) is 1. The van der Waals surface area contributed by atoms with E-state index in [-0.39, 0.29) is 11.6 Å². The lowest BCUT2D eigenvalue weighted by Gasteiger charge is -2.21. The summed E-state index contributed by atoms with van der Waals surface area (Å²) in [6, 6.07) is 15.0. The van der Waals surface area contributed by atoms with Gasteiger partial charge in [0.15, 0.2) is 5.78 Å². The van der Waals surface area contributed by atoms with E-state index in [0.717, 1.165) is 25.2 Å². The number of allylic oxidation sites excluding steroid dienone is 2. The van der Waals surface area contributed by atoms with Crippen molar-refractivity contribution >= 4 is 11.6 Å². The smallest absolute Gasteiger partial charge is 0.213 e. The molecule has 0 bridgehead atoms. The highest BCUT2D eigenvalue weighted by Gasteiger charge is 2.29. The van der Waals surface area contributed by atoms with Gasteiger partial charge in [0, 0.05) is 24.7 Å². The molecule has 2 aromatic rings. The molecule has 1 fully saturated rings. The number of hydrogen-bond acceptors (Lipinski definition) is 5. The van der Waals surface area contributed by atoms with Gasteiger partial charge in [-0.15, -0.1) is 0 Å². The Morgan fingerprint density at radius 3 is 2.54 bits per heavy atom. The van der Waals surface area contributed by atoms with Crippen molar-refractivity contribution in [3.63, 3.8) is 0 Å². The van der Waals surface area contributed by atoms with Crippen LogP contribution in [-0.4, -0.2) is 42.6 Å². The molecule has 5 nitrogen and oxygen atoms in total. The Morgan fingerprint density at radius 2 is 1.75 bits per heavy atom. The molecule has 0 saturated carbocycles. The highest BCUT2D eigenvalue weighted by molar-refractivity contribution is 6.25. The zero-order chi connectivity index (χ0) is 19.3. The molecular weight excluding hydrogens is 352 g/mol. The van der Waals surface area contributed by atoms with E-state index < -0.39 is 0 Å². The molecule has 1 aliphatic carbocycles. The van der Waals surface area contributed by atoms with Gasteiger partial charge in [-0.1, -0.05) is 42.5 Å². The number of carbonyl (C=O) groups is 2. The molecule has 1 N–H and O–H groups in total. The average molecular weight is 376 g/mol. The molecule has 1 aliphatic heterocycles. The third-order valence-corrected chi connectivity index (χ3v) is 5.22. The summed E-state index contributed by atoms with van der Waals surface area (Å²) in [6.45, 7) is 4.08. The number of benzene rings is 2. The van der Waals surface area contributed by atoms with Gasteiger partial charge < -0.3 is 15.0 Å². The van der Waals surface area contributed by atoms with Crippen molar-refractivity contribution in [1.29, 1.82) is 0 Å². The minimum absolute atomic E-state index is 0.163. The summed E-state index contributed by atoms with van der Waals surface area (Å²) in [5, 5.41) is 3.16. The number of ketones is 2. The molecule has 1 saturated heterocycles. The van der Waals surface area contributed by atoms with Crippen LogP contribution in [0.15, 0.2) is 60.3 Å². The van der Waals surface area contributed by atoms with Crippen LogP contribution in [0.25, 0.3) is 0 Å². The van der Waals surface area contributed by atoms with E-state index in [1.54, 1.807) is 18.2 Å². The first kappa shape index (κ1) is 18.4.